The minimum Gasteiger partial charge on any atom is -0.298 e. The summed E-state index contributed by atoms with van der Waals surface area (Å²) in [6.45, 7) is 4.30. The third-order valence-corrected chi connectivity index (χ3v) is 3.02. The summed E-state index contributed by atoms with van der Waals surface area (Å²) >= 11 is 0. The molecule has 0 amide bonds. The van der Waals surface area contributed by atoms with E-state index in [-0.39, 0.29) is 13.0 Å². The summed E-state index contributed by atoms with van der Waals surface area (Å²) in [7, 11) is 1.82. The van der Waals surface area contributed by atoms with E-state index in [4.69, 9.17) is 0 Å². The number of hydrogen-bond donors (Lipinski definition) is 0. The summed E-state index contributed by atoms with van der Waals surface area (Å²) in [6, 6.07) is 0.372. The van der Waals surface area contributed by atoms with Crippen LogP contribution in [0.1, 0.15) is 39.5 Å². The molecule has 0 radical (unpaired) electrons. The van der Waals surface area contributed by atoms with Crippen molar-refractivity contribution in [2.45, 2.75) is 51.5 Å². The Labute approximate surface area is 85.5 Å². The molecule has 1 atom stereocenters. The number of rotatable bonds is 3. The largest absolute Gasteiger partial charge is 0.298 e. The first kappa shape index (κ1) is 11.9. The lowest BCUT2D eigenvalue weighted by atomic mass is 9.94. The summed E-state index contributed by atoms with van der Waals surface area (Å²) in [6.07, 6.45) is 2.92. The van der Waals surface area contributed by atoms with Crippen molar-refractivity contribution in [3.8, 4) is 0 Å². The SMILES string of the molecule is CC(C)CCC1CCC(F)(F)CN1C. The average Bonchev–Trinajstić information content (AvgIpc) is 2.00. The van der Waals surface area contributed by atoms with Gasteiger partial charge in [0.25, 0.3) is 5.92 Å². The fourth-order valence-electron chi connectivity index (χ4n) is 2.06. The maximum absolute atomic E-state index is 13.0. The molecule has 84 valence electrons. The van der Waals surface area contributed by atoms with Gasteiger partial charge in [0, 0.05) is 12.5 Å². The molecule has 14 heavy (non-hydrogen) atoms. The van der Waals surface area contributed by atoms with E-state index in [2.05, 4.69) is 13.8 Å². The lowest BCUT2D eigenvalue weighted by Gasteiger charge is -2.37. The number of halogens is 2. The first-order valence-corrected chi connectivity index (χ1v) is 5.49. The fraction of sp³-hybridized carbons (Fsp3) is 1.00. The third kappa shape index (κ3) is 3.52. The Kier molecular flexibility index (Phi) is 3.87. The molecule has 1 unspecified atom stereocenters. The van der Waals surface area contributed by atoms with Crippen LogP contribution in [0.25, 0.3) is 0 Å². The molecule has 0 saturated carbocycles. The molecule has 1 aliphatic rings. The Morgan fingerprint density at radius 2 is 2.07 bits per heavy atom. The number of piperidine rings is 1. The molecule has 1 saturated heterocycles. The molecule has 0 aromatic rings. The fourth-order valence-corrected chi connectivity index (χ4v) is 2.06. The van der Waals surface area contributed by atoms with Gasteiger partial charge >= 0.3 is 0 Å². The van der Waals surface area contributed by atoms with Crippen LogP contribution in [0.15, 0.2) is 0 Å². The van der Waals surface area contributed by atoms with Gasteiger partial charge in [-0.15, -0.1) is 0 Å². The first-order valence-electron chi connectivity index (χ1n) is 5.49. The normalized spacial score (nSPS) is 28.3. The van der Waals surface area contributed by atoms with E-state index >= 15 is 0 Å². The molecule has 0 spiro atoms. The predicted molar refractivity (Wildman–Crippen MR) is 54.7 cm³/mol. The first-order chi connectivity index (χ1) is 6.41. The smallest absolute Gasteiger partial charge is 0.260 e. The van der Waals surface area contributed by atoms with Crippen molar-refractivity contribution >= 4 is 0 Å². The molecule has 1 aliphatic heterocycles. The minimum absolute atomic E-state index is 0.0598. The molecule has 1 fully saturated rings. The lowest BCUT2D eigenvalue weighted by molar-refractivity contribution is -0.0762. The second-order valence-electron chi connectivity index (χ2n) is 4.93. The van der Waals surface area contributed by atoms with Gasteiger partial charge in [0.15, 0.2) is 0 Å². The Balaban J connectivity index is 2.35. The third-order valence-electron chi connectivity index (χ3n) is 3.02. The summed E-state index contributed by atoms with van der Waals surface area (Å²) in [5.74, 6) is -1.78. The molecule has 0 N–H and O–H groups in total. The van der Waals surface area contributed by atoms with Crippen molar-refractivity contribution in [3.05, 3.63) is 0 Å². The van der Waals surface area contributed by atoms with Crippen LogP contribution in [0.4, 0.5) is 8.78 Å². The van der Waals surface area contributed by atoms with Crippen LogP contribution in [0.3, 0.4) is 0 Å². The zero-order valence-electron chi connectivity index (χ0n) is 9.39. The molecule has 0 aromatic carbocycles. The lowest BCUT2D eigenvalue weighted by Crippen LogP contribution is -2.46. The molecule has 0 aromatic heterocycles. The van der Waals surface area contributed by atoms with Gasteiger partial charge in [-0.2, -0.15) is 0 Å². The van der Waals surface area contributed by atoms with E-state index in [0.717, 1.165) is 12.8 Å². The zero-order valence-corrected chi connectivity index (χ0v) is 9.39. The number of alkyl halides is 2. The highest BCUT2D eigenvalue weighted by atomic mass is 19.3. The van der Waals surface area contributed by atoms with Gasteiger partial charge in [0.05, 0.1) is 6.54 Å². The van der Waals surface area contributed by atoms with Crippen molar-refractivity contribution in [2.75, 3.05) is 13.6 Å². The van der Waals surface area contributed by atoms with Gasteiger partial charge in [-0.25, -0.2) is 8.78 Å². The van der Waals surface area contributed by atoms with Crippen LogP contribution in [0, 0.1) is 5.92 Å². The van der Waals surface area contributed by atoms with Gasteiger partial charge in [-0.1, -0.05) is 13.8 Å². The summed E-state index contributed by atoms with van der Waals surface area (Å²) in [5.41, 5.74) is 0. The molecule has 3 heteroatoms. The number of likely N-dealkylation sites (tertiary alicyclic amines) is 1. The number of nitrogens with zero attached hydrogens (tertiary/aromatic N) is 1. The van der Waals surface area contributed by atoms with Gasteiger partial charge in [-0.05, 0) is 32.2 Å². The standard InChI is InChI=1S/C11H21F2N/c1-9(2)4-5-10-6-7-11(12,13)8-14(10)3/h9-10H,4-8H2,1-3H3. The molecule has 1 heterocycles. The van der Waals surface area contributed by atoms with Crippen LogP contribution in [-0.4, -0.2) is 30.5 Å². The van der Waals surface area contributed by atoms with Crippen molar-refractivity contribution in [1.29, 1.82) is 0 Å². The molecular formula is C11H21F2N. The molecule has 1 rings (SSSR count). The highest BCUT2D eigenvalue weighted by Gasteiger charge is 2.37. The summed E-state index contributed by atoms with van der Waals surface area (Å²) in [4.78, 5) is 1.83. The van der Waals surface area contributed by atoms with E-state index in [1.54, 1.807) is 0 Å². The predicted octanol–water partition coefficient (Wildman–Crippen LogP) is 3.15. The van der Waals surface area contributed by atoms with Crippen molar-refractivity contribution in [1.82, 2.24) is 4.90 Å². The highest BCUT2D eigenvalue weighted by molar-refractivity contribution is 4.84. The second-order valence-corrected chi connectivity index (χ2v) is 4.93. The Morgan fingerprint density at radius 3 is 2.57 bits per heavy atom. The zero-order chi connectivity index (χ0) is 10.8. The quantitative estimate of drug-likeness (QED) is 0.684. The molecular weight excluding hydrogens is 184 g/mol. The van der Waals surface area contributed by atoms with Crippen LogP contribution in [0.2, 0.25) is 0 Å². The Bertz CT molecular complexity index is 178. The monoisotopic (exact) mass is 205 g/mol. The van der Waals surface area contributed by atoms with E-state index in [1.165, 1.54) is 0 Å². The van der Waals surface area contributed by atoms with Gasteiger partial charge in [-0.3, -0.25) is 4.90 Å². The van der Waals surface area contributed by atoms with Crippen molar-refractivity contribution in [3.63, 3.8) is 0 Å². The highest BCUT2D eigenvalue weighted by Crippen LogP contribution is 2.31. The maximum Gasteiger partial charge on any atom is 0.260 e. The van der Waals surface area contributed by atoms with Crippen LogP contribution in [0.5, 0.6) is 0 Å². The molecule has 1 nitrogen and oxygen atoms in total. The van der Waals surface area contributed by atoms with E-state index in [1.807, 2.05) is 11.9 Å². The molecule has 0 aliphatic carbocycles. The van der Waals surface area contributed by atoms with Crippen molar-refractivity contribution in [2.24, 2.45) is 5.92 Å². The number of hydrogen-bond acceptors (Lipinski definition) is 1. The van der Waals surface area contributed by atoms with Crippen molar-refractivity contribution < 1.29 is 8.78 Å². The maximum atomic E-state index is 13.0. The van der Waals surface area contributed by atoms with Gasteiger partial charge in [0.1, 0.15) is 0 Å². The Morgan fingerprint density at radius 1 is 1.43 bits per heavy atom. The van der Waals surface area contributed by atoms with E-state index in [9.17, 15) is 8.78 Å². The van der Waals surface area contributed by atoms with Crippen LogP contribution in [-0.2, 0) is 0 Å². The summed E-state index contributed by atoms with van der Waals surface area (Å²) < 4.78 is 26.0. The second kappa shape index (κ2) is 4.56. The minimum atomic E-state index is -2.46. The van der Waals surface area contributed by atoms with E-state index in [0.29, 0.717) is 18.4 Å². The van der Waals surface area contributed by atoms with Crippen LogP contribution < -0.4 is 0 Å². The van der Waals surface area contributed by atoms with E-state index < -0.39 is 5.92 Å². The molecule has 0 bridgehead atoms. The topological polar surface area (TPSA) is 3.24 Å². The summed E-state index contributed by atoms with van der Waals surface area (Å²) in [5, 5.41) is 0. The Hall–Kier alpha value is -0.180. The van der Waals surface area contributed by atoms with Gasteiger partial charge in [0.2, 0.25) is 0 Å². The van der Waals surface area contributed by atoms with Gasteiger partial charge < -0.3 is 0 Å². The average molecular weight is 205 g/mol. The van der Waals surface area contributed by atoms with Crippen LogP contribution >= 0.6 is 0 Å².